The Bertz CT molecular complexity index is 532. The molecule has 0 N–H and O–H groups in total. The predicted octanol–water partition coefficient (Wildman–Crippen LogP) is 3.37. The summed E-state index contributed by atoms with van der Waals surface area (Å²) in [6.45, 7) is 0. The molecule has 0 atom stereocenters. The van der Waals surface area contributed by atoms with Gasteiger partial charge in [-0.2, -0.15) is 0 Å². The van der Waals surface area contributed by atoms with Crippen LogP contribution in [0.5, 0.6) is 0 Å². The predicted molar refractivity (Wildman–Crippen MR) is 82.1 cm³/mol. The van der Waals surface area contributed by atoms with E-state index in [1.54, 1.807) is 0 Å². The third kappa shape index (κ3) is 3.35. The molecule has 0 aliphatic carbocycles. The maximum atomic E-state index is 4.70. The van der Waals surface area contributed by atoms with Gasteiger partial charge in [0.1, 0.15) is 0 Å². The summed E-state index contributed by atoms with van der Waals surface area (Å²) in [5.41, 5.74) is 2.07. The molecule has 0 radical (unpaired) electrons. The SMILES string of the molecule is CN(C)C(=Nc1ccccc1)N(C)c1ccccc1. The monoisotopic (exact) mass is 253 g/mol. The molecule has 0 amide bonds. The van der Waals surface area contributed by atoms with E-state index in [0.717, 1.165) is 17.3 Å². The first-order valence-corrected chi connectivity index (χ1v) is 6.28. The van der Waals surface area contributed by atoms with Gasteiger partial charge < -0.3 is 9.80 Å². The number of rotatable bonds is 2. The molecule has 19 heavy (non-hydrogen) atoms. The number of anilines is 1. The van der Waals surface area contributed by atoms with E-state index in [9.17, 15) is 0 Å². The third-order valence-corrected chi connectivity index (χ3v) is 2.83. The highest BCUT2D eigenvalue weighted by Crippen LogP contribution is 2.16. The fraction of sp³-hybridized carbons (Fsp3) is 0.188. The quantitative estimate of drug-likeness (QED) is 0.603. The van der Waals surface area contributed by atoms with Gasteiger partial charge in [0.15, 0.2) is 0 Å². The van der Waals surface area contributed by atoms with Gasteiger partial charge in [-0.15, -0.1) is 0 Å². The second-order valence-electron chi connectivity index (χ2n) is 4.54. The van der Waals surface area contributed by atoms with Crippen LogP contribution >= 0.6 is 0 Å². The van der Waals surface area contributed by atoms with Crippen molar-refractivity contribution in [2.45, 2.75) is 0 Å². The van der Waals surface area contributed by atoms with E-state index >= 15 is 0 Å². The van der Waals surface area contributed by atoms with Crippen molar-refractivity contribution in [3.63, 3.8) is 0 Å². The first-order chi connectivity index (χ1) is 9.18. The Morgan fingerprint density at radius 3 is 1.84 bits per heavy atom. The molecular formula is C16H19N3. The van der Waals surface area contributed by atoms with Crippen molar-refractivity contribution in [1.29, 1.82) is 0 Å². The van der Waals surface area contributed by atoms with Gasteiger partial charge in [-0.05, 0) is 24.3 Å². The number of para-hydroxylation sites is 2. The summed E-state index contributed by atoms with van der Waals surface area (Å²) < 4.78 is 0. The Balaban J connectivity index is 2.34. The summed E-state index contributed by atoms with van der Waals surface area (Å²) in [7, 11) is 6.03. The number of aliphatic imine (C=N–C) groups is 1. The summed E-state index contributed by atoms with van der Waals surface area (Å²) in [5, 5.41) is 0. The highest BCUT2D eigenvalue weighted by atomic mass is 15.3. The lowest BCUT2D eigenvalue weighted by Crippen LogP contribution is -2.37. The van der Waals surface area contributed by atoms with Crippen molar-refractivity contribution in [2.75, 3.05) is 26.0 Å². The van der Waals surface area contributed by atoms with Crippen LogP contribution in [0.4, 0.5) is 11.4 Å². The lowest BCUT2D eigenvalue weighted by Gasteiger charge is -2.26. The number of nitrogens with zero attached hydrogens (tertiary/aromatic N) is 3. The van der Waals surface area contributed by atoms with Crippen molar-refractivity contribution >= 4 is 17.3 Å². The molecule has 0 unspecified atom stereocenters. The molecule has 0 aromatic heterocycles. The molecule has 0 aliphatic rings. The molecule has 98 valence electrons. The number of benzene rings is 2. The summed E-state index contributed by atoms with van der Waals surface area (Å²) in [6, 6.07) is 20.2. The van der Waals surface area contributed by atoms with E-state index in [2.05, 4.69) is 17.0 Å². The van der Waals surface area contributed by atoms with Gasteiger partial charge in [0.2, 0.25) is 5.96 Å². The fourth-order valence-corrected chi connectivity index (χ4v) is 1.86. The van der Waals surface area contributed by atoms with Gasteiger partial charge in [-0.25, -0.2) is 4.99 Å². The minimum absolute atomic E-state index is 0.900. The minimum Gasteiger partial charge on any atom is -0.348 e. The highest BCUT2D eigenvalue weighted by molar-refractivity contribution is 5.96. The van der Waals surface area contributed by atoms with Gasteiger partial charge in [0.05, 0.1) is 5.69 Å². The van der Waals surface area contributed by atoms with Gasteiger partial charge in [-0.3, -0.25) is 0 Å². The highest BCUT2D eigenvalue weighted by Gasteiger charge is 2.10. The first kappa shape index (κ1) is 13.1. The zero-order valence-corrected chi connectivity index (χ0v) is 11.6. The van der Waals surface area contributed by atoms with Crippen LogP contribution < -0.4 is 4.90 Å². The van der Waals surface area contributed by atoms with E-state index < -0.39 is 0 Å². The Labute approximate surface area is 114 Å². The Kier molecular flexibility index (Phi) is 4.18. The van der Waals surface area contributed by atoms with Crippen LogP contribution in [0.25, 0.3) is 0 Å². The molecule has 2 aromatic rings. The molecule has 0 spiro atoms. The average molecular weight is 253 g/mol. The van der Waals surface area contributed by atoms with E-state index in [1.807, 2.05) is 74.6 Å². The van der Waals surface area contributed by atoms with Crippen molar-refractivity contribution in [2.24, 2.45) is 4.99 Å². The Morgan fingerprint density at radius 1 is 0.789 bits per heavy atom. The molecule has 2 rings (SSSR count). The van der Waals surface area contributed by atoms with E-state index in [4.69, 9.17) is 4.99 Å². The molecule has 2 aromatic carbocycles. The third-order valence-electron chi connectivity index (χ3n) is 2.83. The standard InChI is InChI=1S/C16H19N3/c1-18(2)16(17-14-10-6-4-7-11-14)19(3)15-12-8-5-9-13-15/h4-13H,1-3H3. The van der Waals surface area contributed by atoms with Crippen molar-refractivity contribution < 1.29 is 0 Å². The second kappa shape index (κ2) is 6.05. The normalized spacial score (nSPS) is 11.2. The lowest BCUT2D eigenvalue weighted by atomic mass is 10.3. The summed E-state index contributed by atoms with van der Waals surface area (Å²) >= 11 is 0. The molecule has 0 fully saturated rings. The second-order valence-corrected chi connectivity index (χ2v) is 4.54. The van der Waals surface area contributed by atoms with Gasteiger partial charge in [-0.1, -0.05) is 36.4 Å². The topological polar surface area (TPSA) is 18.8 Å². The molecule has 0 bridgehead atoms. The Hall–Kier alpha value is -2.29. The summed E-state index contributed by atoms with van der Waals surface area (Å²) in [5.74, 6) is 0.900. The number of hydrogen-bond donors (Lipinski definition) is 0. The minimum atomic E-state index is 0.900. The number of hydrogen-bond acceptors (Lipinski definition) is 1. The fourth-order valence-electron chi connectivity index (χ4n) is 1.86. The van der Waals surface area contributed by atoms with Crippen LogP contribution in [-0.2, 0) is 0 Å². The zero-order chi connectivity index (χ0) is 13.7. The molecule has 3 nitrogen and oxygen atoms in total. The van der Waals surface area contributed by atoms with Crippen molar-refractivity contribution in [3.05, 3.63) is 60.7 Å². The molecule has 0 heterocycles. The van der Waals surface area contributed by atoms with Crippen molar-refractivity contribution in [1.82, 2.24) is 4.90 Å². The van der Waals surface area contributed by atoms with Gasteiger partial charge in [0, 0.05) is 26.8 Å². The summed E-state index contributed by atoms with van der Waals surface area (Å²) in [6.07, 6.45) is 0. The van der Waals surface area contributed by atoms with E-state index in [0.29, 0.717) is 0 Å². The molecule has 3 heteroatoms. The van der Waals surface area contributed by atoms with Crippen LogP contribution in [0.1, 0.15) is 0 Å². The van der Waals surface area contributed by atoms with Crippen LogP contribution in [-0.4, -0.2) is 32.0 Å². The molecule has 0 aliphatic heterocycles. The van der Waals surface area contributed by atoms with Crippen molar-refractivity contribution in [3.8, 4) is 0 Å². The zero-order valence-electron chi connectivity index (χ0n) is 11.6. The van der Waals surface area contributed by atoms with Crippen LogP contribution in [0.15, 0.2) is 65.7 Å². The smallest absolute Gasteiger partial charge is 0.205 e. The average Bonchev–Trinajstić information content (AvgIpc) is 2.46. The summed E-state index contributed by atoms with van der Waals surface area (Å²) in [4.78, 5) is 8.79. The lowest BCUT2D eigenvalue weighted by molar-refractivity contribution is 0.609. The van der Waals surface area contributed by atoms with E-state index in [-0.39, 0.29) is 0 Å². The number of guanidine groups is 1. The molecule has 0 saturated carbocycles. The van der Waals surface area contributed by atoms with Crippen LogP contribution in [0.2, 0.25) is 0 Å². The Morgan fingerprint density at radius 2 is 1.32 bits per heavy atom. The van der Waals surface area contributed by atoms with Crippen LogP contribution in [0.3, 0.4) is 0 Å². The van der Waals surface area contributed by atoms with Crippen LogP contribution in [0, 0.1) is 0 Å². The van der Waals surface area contributed by atoms with Gasteiger partial charge >= 0.3 is 0 Å². The van der Waals surface area contributed by atoms with Gasteiger partial charge in [0.25, 0.3) is 0 Å². The van der Waals surface area contributed by atoms with E-state index in [1.165, 1.54) is 0 Å². The molecular weight excluding hydrogens is 234 g/mol. The maximum Gasteiger partial charge on any atom is 0.205 e. The maximum absolute atomic E-state index is 4.70. The largest absolute Gasteiger partial charge is 0.348 e. The molecule has 0 saturated heterocycles. The first-order valence-electron chi connectivity index (χ1n) is 6.28.